The van der Waals surface area contributed by atoms with Gasteiger partial charge in [-0.2, -0.15) is 5.10 Å². The number of benzene rings is 2. The second kappa shape index (κ2) is 5.06. The molecule has 2 aromatic carbocycles. The van der Waals surface area contributed by atoms with E-state index in [4.69, 9.17) is 0 Å². The van der Waals surface area contributed by atoms with Gasteiger partial charge in [-0.25, -0.2) is 4.39 Å². The summed E-state index contributed by atoms with van der Waals surface area (Å²) < 4.78 is 15.9. The molecule has 0 spiro atoms. The van der Waals surface area contributed by atoms with E-state index >= 15 is 0 Å². The van der Waals surface area contributed by atoms with Crippen LogP contribution in [0, 0.1) is 5.82 Å². The minimum absolute atomic E-state index is 0.221. The van der Waals surface area contributed by atoms with Crippen molar-refractivity contribution in [2.75, 3.05) is 7.05 Å². The maximum atomic E-state index is 14.0. The molecule has 0 bridgehead atoms. The molecular formula is C16H16FN3. The fourth-order valence-electron chi connectivity index (χ4n) is 2.60. The molecule has 20 heavy (non-hydrogen) atoms. The Balaban J connectivity index is 2.20. The van der Waals surface area contributed by atoms with Gasteiger partial charge in [-0.05, 0) is 19.2 Å². The van der Waals surface area contributed by atoms with Gasteiger partial charge in [-0.1, -0.05) is 36.4 Å². The summed E-state index contributed by atoms with van der Waals surface area (Å²) in [4.78, 5) is 0. The monoisotopic (exact) mass is 269 g/mol. The van der Waals surface area contributed by atoms with Gasteiger partial charge in [0.2, 0.25) is 0 Å². The van der Waals surface area contributed by atoms with Crippen LogP contribution in [-0.4, -0.2) is 16.8 Å². The normalized spacial score (nSPS) is 12.8. The molecule has 0 aliphatic rings. The molecule has 1 heterocycles. The molecule has 0 radical (unpaired) electrons. The Morgan fingerprint density at radius 2 is 1.80 bits per heavy atom. The lowest BCUT2D eigenvalue weighted by Gasteiger charge is -2.15. The van der Waals surface area contributed by atoms with Crippen LogP contribution in [0.15, 0.2) is 48.5 Å². The minimum Gasteiger partial charge on any atom is -0.308 e. The third-order valence-corrected chi connectivity index (χ3v) is 3.56. The Labute approximate surface area is 117 Å². The molecule has 0 saturated heterocycles. The fourth-order valence-corrected chi connectivity index (χ4v) is 2.60. The number of hydrogen-bond donors (Lipinski definition) is 1. The summed E-state index contributed by atoms with van der Waals surface area (Å²) in [6.45, 7) is 0. The Morgan fingerprint density at radius 1 is 1.10 bits per heavy atom. The highest BCUT2D eigenvalue weighted by atomic mass is 19.1. The second-order valence-corrected chi connectivity index (χ2v) is 4.77. The van der Waals surface area contributed by atoms with E-state index in [1.165, 1.54) is 6.07 Å². The number of aromatic nitrogens is 2. The summed E-state index contributed by atoms with van der Waals surface area (Å²) in [5.41, 5.74) is 2.49. The number of rotatable bonds is 3. The van der Waals surface area contributed by atoms with E-state index in [0.717, 1.165) is 16.6 Å². The van der Waals surface area contributed by atoms with E-state index in [1.807, 2.05) is 49.1 Å². The molecule has 0 fully saturated rings. The van der Waals surface area contributed by atoms with Crippen molar-refractivity contribution < 1.29 is 4.39 Å². The van der Waals surface area contributed by atoms with Crippen molar-refractivity contribution in [2.45, 2.75) is 6.04 Å². The number of nitrogens with one attached hydrogen (secondary N) is 1. The predicted molar refractivity (Wildman–Crippen MR) is 78.0 cm³/mol. The van der Waals surface area contributed by atoms with E-state index in [-0.39, 0.29) is 11.9 Å². The second-order valence-electron chi connectivity index (χ2n) is 4.77. The van der Waals surface area contributed by atoms with Gasteiger partial charge < -0.3 is 5.32 Å². The van der Waals surface area contributed by atoms with Crippen LogP contribution in [0.4, 0.5) is 4.39 Å². The van der Waals surface area contributed by atoms with Gasteiger partial charge in [0.15, 0.2) is 0 Å². The van der Waals surface area contributed by atoms with Crippen LogP contribution in [0.3, 0.4) is 0 Å². The first-order chi connectivity index (χ1) is 9.72. The molecule has 1 unspecified atom stereocenters. The molecule has 0 saturated carbocycles. The van der Waals surface area contributed by atoms with Crippen molar-refractivity contribution >= 4 is 10.9 Å². The van der Waals surface area contributed by atoms with Gasteiger partial charge in [0.1, 0.15) is 5.82 Å². The third kappa shape index (κ3) is 1.98. The molecule has 3 aromatic rings. The lowest BCUT2D eigenvalue weighted by atomic mass is 10.0. The summed E-state index contributed by atoms with van der Waals surface area (Å²) in [6, 6.07) is 14.5. The summed E-state index contributed by atoms with van der Waals surface area (Å²) in [7, 11) is 3.72. The van der Waals surface area contributed by atoms with Crippen molar-refractivity contribution in [1.82, 2.24) is 15.1 Å². The number of halogens is 1. The zero-order valence-corrected chi connectivity index (χ0v) is 11.5. The molecule has 0 aliphatic carbocycles. The van der Waals surface area contributed by atoms with Crippen LogP contribution in [0.2, 0.25) is 0 Å². The van der Waals surface area contributed by atoms with Gasteiger partial charge in [0.05, 0.1) is 17.3 Å². The standard InChI is InChI=1S/C16H16FN3/c1-18-15(11-7-3-5-9-13(11)17)16-12-8-4-6-10-14(12)20(2)19-16/h3-10,15,18H,1-2H3. The lowest BCUT2D eigenvalue weighted by molar-refractivity contribution is 0.567. The van der Waals surface area contributed by atoms with Gasteiger partial charge in [0, 0.05) is 18.0 Å². The molecule has 0 amide bonds. The maximum Gasteiger partial charge on any atom is 0.128 e. The first-order valence-corrected chi connectivity index (χ1v) is 6.55. The Kier molecular flexibility index (Phi) is 3.24. The fraction of sp³-hybridized carbons (Fsp3) is 0.188. The predicted octanol–water partition coefficient (Wildman–Crippen LogP) is 3.02. The van der Waals surface area contributed by atoms with Crippen LogP contribution in [-0.2, 0) is 7.05 Å². The number of fused-ring (bicyclic) bond motifs is 1. The molecule has 3 rings (SSSR count). The van der Waals surface area contributed by atoms with Gasteiger partial charge in [-0.3, -0.25) is 4.68 Å². The minimum atomic E-state index is -0.262. The zero-order valence-electron chi connectivity index (χ0n) is 11.5. The summed E-state index contributed by atoms with van der Waals surface area (Å²) in [5.74, 6) is -0.221. The van der Waals surface area contributed by atoms with E-state index < -0.39 is 0 Å². The molecule has 3 nitrogen and oxygen atoms in total. The van der Waals surface area contributed by atoms with E-state index in [9.17, 15) is 4.39 Å². The van der Waals surface area contributed by atoms with E-state index in [2.05, 4.69) is 10.4 Å². The third-order valence-electron chi connectivity index (χ3n) is 3.56. The van der Waals surface area contributed by atoms with Crippen LogP contribution in [0.1, 0.15) is 17.3 Å². The first kappa shape index (κ1) is 12.8. The number of para-hydroxylation sites is 1. The van der Waals surface area contributed by atoms with Gasteiger partial charge in [-0.15, -0.1) is 0 Å². The quantitative estimate of drug-likeness (QED) is 0.792. The number of nitrogens with zero attached hydrogens (tertiary/aromatic N) is 2. The molecule has 1 atom stereocenters. The average molecular weight is 269 g/mol. The van der Waals surface area contributed by atoms with Crippen molar-refractivity contribution in [1.29, 1.82) is 0 Å². The summed E-state index contributed by atoms with van der Waals surface area (Å²) in [5, 5.41) is 8.77. The molecule has 4 heteroatoms. The Bertz CT molecular complexity index is 748. The van der Waals surface area contributed by atoms with Crippen LogP contribution >= 0.6 is 0 Å². The number of aryl methyl sites for hydroxylation is 1. The zero-order chi connectivity index (χ0) is 14.1. The first-order valence-electron chi connectivity index (χ1n) is 6.55. The molecule has 0 aliphatic heterocycles. The van der Waals surface area contributed by atoms with Crippen LogP contribution in [0.25, 0.3) is 10.9 Å². The molecule has 1 aromatic heterocycles. The summed E-state index contributed by atoms with van der Waals surface area (Å²) >= 11 is 0. The smallest absolute Gasteiger partial charge is 0.128 e. The van der Waals surface area contributed by atoms with Crippen molar-refractivity contribution in [3.8, 4) is 0 Å². The lowest BCUT2D eigenvalue weighted by Crippen LogP contribution is -2.19. The van der Waals surface area contributed by atoms with Crippen molar-refractivity contribution in [2.24, 2.45) is 7.05 Å². The van der Waals surface area contributed by atoms with Gasteiger partial charge >= 0.3 is 0 Å². The van der Waals surface area contributed by atoms with Crippen molar-refractivity contribution in [3.63, 3.8) is 0 Å². The highest BCUT2D eigenvalue weighted by Crippen LogP contribution is 2.28. The maximum absolute atomic E-state index is 14.0. The van der Waals surface area contributed by atoms with E-state index in [1.54, 1.807) is 12.1 Å². The number of hydrogen-bond acceptors (Lipinski definition) is 2. The van der Waals surface area contributed by atoms with E-state index in [0.29, 0.717) is 5.56 Å². The van der Waals surface area contributed by atoms with Gasteiger partial charge in [0.25, 0.3) is 0 Å². The topological polar surface area (TPSA) is 29.9 Å². The van der Waals surface area contributed by atoms with Crippen molar-refractivity contribution in [3.05, 3.63) is 65.6 Å². The SMILES string of the molecule is CNC(c1ccccc1F)c1nn(C)c2ccccc12. The summed E-state index contributed by atoms with van der Waals surface area (Å²) in [6.07, 6.45) is 0. The van der Waals surface area contributed by atoms with Crippen LogP contribution in [0.5, 0.6) is 0 Å². The molecule has 102 valence electrons. The Hall–Kier alpha value is -2.20. The highest BCUT2D eigenvalue weighted by molar-refractivity contribution is 5.82. The highest BCUT2D eigenvalue weighted by Gasteiger charge is 2.21. The average Bonchev–Trinajstić information content (AvgIpc) is 2.80. The Morgan fingerprint density at radius 3 is 2.55 bits per heavy atom. The molecule has 1 N–H and O–H groups in total. The largest absolute Gasteiger partial charge is 0.308 e. The molecular weight excluding hydrogens is 253 g/mol. The van der Waals surface area contributed by atoms with Crippen LogP contribution < -0.4 is 5.32 Å².